The van der Waals surface area contributed by atoms with Gasteiger partial charge in [-0.05, 0) is 35.5 Å². The third-order valence-corrected chi connectivity index (χ3v) is 3.22. The van der Waals surface area contributed by atoms with Crippen LogP contribution in [-0.2, 0) is 0 Å². The van der Waals surface area contributed by atoms with Gasteiger partial charge in [-0.15, -0.1) is 20.4 Å². The lowest BCUT2D eigenvalue weighted by Crippen LogP contribution is -1.95. The van der Waals surface area contributed by atoms with E-state index in [9.17, 15) is 0 Å². The predicted molar refractivity (Wildman–Crippen MR) is 62.6 cm³/mol. The van der Waals surface area contributed by atoms with Crippen LogP contribution in [0.25, 0.3) is 0 Å². The molecule has 2 aromatic rings. The molecule has 2 rings (SSSR count). The number of benzene rings is 1. The molecule has 0 aliphatic carbocycles. The number of aromatic nitrogens is 4. The minimum atomic E-state index is 0.00280. The van der Waals surface area contributed by atoms with Gasteiger partial charge >= 0.3 is 0 Å². The molecular formula is C8H5Cl2N5S. The molecule has 0 fully saturated rings. The SMILES string of the molecule is Nc1cccc(Sc2nnc(Cl)nn2)c1Cl. The van der Waals surface area contributed by atoms with Crippen LogP contribution >= 0.6 is 35.0 Å². The van der Waals surface area contributed by atoms with E-state index in [2.05, 4.69) is 20.4 Å². The Morgan fingerprint density at radius 1 is 1.06 bits per heavy atom. The van der Waals surface area contributed by atoms with Crippen LogP contribution in [-0.4, -0.2) is 20.4 Å². The molecule has 0 saturated heterocycles. The van der Waals surface area contributed by atoms with E-state index in [-0.39, 0.29) is 5.28 Å². The van der Waals surface area contributed by atoms with Gasteiger partial charge in [0, 0.05) is 4.90 Å². The zero-order valence-electron chi connectivity index (χ0n) is 7.76. The molecule has 0 bridgehead atoms. The predicted octanol–water partition coefficient (Wildman–Crippen LogP) is 2.31. The molecule has 0 unspecified atom stereocenters. The smallest absolute Gasteiger partial charge is 0.262 e. The highest BCUT2D eigenvalue weighted by Crippen LogP contribution is 2.34. The molecule has 0 atom stereocenters. The van der Waals surface area contributed by atoms with Crippen LogP contribution in [0.15, 0.2) is 28.3 Å². The highest BCUT2D eigenvalue weighted by Gasteiger charge is 2.08. The Morgan fingerprint density at radius 2 is 1.75 bits per heavy atom. The first-order valence-electron chi connectivity index (χ1n) is 4.11. The molecule has 82 valence electrons. The van der Waals surface area contributed by atoms with E-state index in [4.69, 9.17) is 28.9 Å². The Hall–Kier alpha value is -1.11. The zero-order valence-corrected chi connectivity index (χ0v) is 10.1. The summed E-state index contributed by atoms with van der Waals surface area (Å²) in [5.41, 5.74) is 6.16. The fourth-order valence-electron chi connectivity index (χ4n) is 0.954. The van der Waals surface area contributed by atoms with Crippen molar-refractivity contribution in [3.05, 3.63) is 28.5 Å². The van der Waals surface area contributed by atoms with Crippen LogP contribution < -0.4 is 5.73 Å². The lowest BCUT2D eigenvalue weighted by Gasteiger charge is -2.03. The summed E-state index contributed by atoms with van der Waals surface area (Å²) in [7, 11) is 0. The first-order chi connectivity index (χ1) is 7.66. The molecular weight excluding hydrogens is 269 g/mol. The molecule has 1 heterocycles. The molecule has 16 heavy (non-hydrogen) atoms. The number of nitrogens with two attached hydrogens (primary N) is 1. The van der Waals surface area contributed by atoms with Crippen LogP contribution in [0.4, 0.5) is 5.69 Å². The van der Waals surface area contributed by atoms with Crippen molar-refractivity contribution in [3.8, 4) is 0 Å². The second-order valence-electron chi connectivity index (χ2n) is 2.71. The van der Waals surface area contributed by atoms with E-state index < -0.39 is 0 Å². The first kappa shape index (κ1) is 11.4. The topological polar surface area (TPSA) is 77.6 Å². The standard InChI is InChI=1S/C8H5Cl2N5S/c9-6-4(11)2-1-3-5(6)16-8-14-12-7(10)13-15-8/h1-3H,11H2. The van der Waals surface area contributed by atoms with Crippen LogP contribution in [0.3, 0.4) is 0 Å². The van der Waals surface area contributed by atoms with E-state index >= 15 is 0 Å². The van der Waals surface area contributed by atoms with Gasteiger partial charge in [-0.3, -0.25) is 0 Å². The molecule has 0 spiro atoms. The molecule has 0 saturated carbocycles. The minimum absolute atomic E-state index is 0.00280. The Bertz CT molecular complexity index is 504. The number of nitrogen functional groups attached to an aromatic ring is 1. The number of halogens is 2. The number of rotatable bonds is 2. The van der Waals surface area contributed by atoms with Crippen LogP contribution in [0.1, 0.15) is 0 Å². The maximum absolute atomic E-state index is 6.01. The van der Waals surface area contributed by atoms with Crippen LogP contribution in [0, 0.1) is 0 Å². The Morgan fingerprint density at radius 3 is 2.44 bits per heavy atom. The Kier molecular flexibility index (Phi) is 3.42. The summed E-state index contributed by atoms with van der Waals surface area (Å²) >= 11 is 12.7. The second kappa shape index (κ2) is 4.82. The van der Waals surface area contributed by atoms with Crippen molar-refractivity contribution in [2.75, 3.05) is 5.73 Å². The summed E-state index contributed by atoms with van der Waals surface area (Å²) in [4.78, 5) is 0.743. The summed E-state index contributed by atoms with van der Waals surface area (Å²) in [5.74, 6) is 0. The fraction of sp³-hybridized carbons (Fsp3) is 0. The van der Waals surface area contributed by atoms with Gasteiger partial charge in [-0.25, -0.2) is 0 Å². The maximum Gasteiger partial charge on any atom is 0.262 e. The van der Waals surface area contributed by atoms with E-state index in [0.717, 1.165) is 4.90 Å². The van der Waals surface area contributed by atoms with Crippen molar-refractivity contribution in [2.45, 2.75) is 10.1 Å². The summed E-state index contributed by atoms with van der Waals surface area (Å²) < 4.78 is 0. The monoisotopic (exact) mass is 273 g/mol. The van der Waals surface area contributed by atoms with Gasteiger partial charge in [-0.2, -0.15) is 0 Å². The maximum atomic E-state index is 6.01. The van der Waals surface area contributed by atoms with Crippen molar-refractivity contribution >= 4 is 40.7 Å². The molecule has 0 aliphatic heterocycles. The van der Waals surface area contributed by atoms with Crippen molar-refractivity contribution in [2.24, 2.45) is 0 Å². The Labute approximate surface area is 105 Å². The third-order valence-electron chi connectivity index (χ3n) is 1.63. The van der Waals surface area contributed by atoms with Gasteiger partial charge in [0.25, 0.3) is 5.28 Å². The molecule has 8 heteroatoms. The first-order valence-corrected chi connectivity index (χ1v) is 5.69. The quantitative estimate of drug-likeness (QED) is 0.847. The lowest BCUT2D eigenvalue weighted by molar-refractivity contribution is 0.745. The normalized spacial score (nSPS) is 10.4. The van der Waals surface area contributed by atoms with Gasteiger partial charge < -0.3 is 5.73 Å². The van der Waals surface area contributed by atoms with Crippen molar-refractivity contribution in [3.63, 3.8) is 0 Å². The molecule has 0 aliphatic rings. The number of anilines is 1. The molecule has 0 radical (unpaired) electrons. The van der Waals surface area contributed by atoms with E-state index in [1.54, 1.807) is 18.2 Å². The summed E-state index contributed by atoms with van der Waals surface area (Å²) in [6.07, 6.45) is 0. The summed E-state index contributed by atoms with van der Waals surface area (Å²) in [6.45, 7) is 0. The minimum Gasteiger partial charge on any atom is -0.397 e. The van der Waals surface area contributed by atoms with E-state index in [1.807, 2.05) is 0 Å². The highest BCUT2D eigenvalue weighted by atomic mass is 35.5. The van der Waals surface area contributed by atoms with Gasteiger partial charge in [-0.1, -0.05) is 17.7 Å². The molecule has 1 aromatic carbocycles. The third kappa shape index (κ3) is 2.52. The lowest BCUT2D eigenvalue weighted by atomic mass is 10.3. The number of hydrogen-bond acceptors (Lipinski definition) is 6. The molecule has 0 amide bonds. The van der Waals surface area contributed by atoms with E-state index in [0.29, 0.717) is 15.9 Å². The molecule has 1 aromatic heterocycles. The number of hydrogen-bond donors (Lipinski definition) is 1. The van der Waals surface area contributed by atoms with Gasteiger partial charge in [0.05, 0.1) is 10.7 Å². The highest BCUT2D eigenvalue weighted by molar-refractivity contribution is 7.99. The average molecular weight is 274 g/mol. The zero-order chi connectivity index (χ0) is 11.5. The Balaban J connectivity index is 2.27. The van der Waals surface area contributed by atoms with Gasteiger partial charge in [0.1, 0.15) is 0 Å². The van der Waals surface area contributed by atoms with Crippen molar-refractivity contribution in [1.29, 1.82) is 0 Å². The largest absolute Gasteiger partial charge is 0.397 e. The summed E-state index contributed by atoms with van der Waals surface area (Å²) in [6, 6.07) is 5.31. The van der Waals surface area contributed by atoms with Gasteiger partial charge in [0.15, 0.2) is 0 Å². The molecule has 5 nitrogen and oxygen atoms in total. The van der Waals surface area contributed by atoms with Crippen molar-refractivity contribution < 1.29 is 0 Å². The van der Waals surface area contributed by atoms with Crippen LogP contribution in [0.2, 0.25) is 10.3 Å². The average Bonchev–Trinajstić information content (AvgIpc) is 2.28. The van der Waals surface area contributed by atoms with Gasteiger partial charge in [0.2, 0.25) is 5.16 Å². The fourth-order valence-corrected chi connectivity index (χ4v) is 1.99. The second-order valence-corrected chi connectivity index (χ2v) is 4.44. The van der Waals surface area contributed by atoms with Crippen molar-refractivity contribution in [1.82, 2.24) is 20.4 Å². The summed E-state index contributed by atoms with van der Waals surface area (Å²) in [5, 5.41) is 15.5. The van der Waals surface area contributed by atoms with E-state index in [1.165, 1.54) is 11.8 Å². The molecule has 2 N–H and O–H groups in total. The van der Waals surface area contributed by atoms with Crippen LogP contribution in [0.5, 0.6) is 0 Å². The number of nitrogens with zero attached hydrogens (tertiary/aromatic N) is 4.